The van der Waals surface area contributed by atoms with Gasteiger partial charge in [0.1, 0.15) is 5.54 Å². The molecule has 0 radical (unpaired) electrons. The van der Waals surface area contributed by atoms with E-state index in [0.29, 0.717) is 12.8 Å². The number of hydrogen-bond donors (Lipinski definition) is 2. The fourth-order valence-electron chi connectivity index (χ4n) is 1.21. The smallest absolute Gasteiger partial charge is 0.324 e. The van der Waals surface area contributed by atoms with Gasteiger partial charge in [-0.2, -0.15) is 0 Å². The van der Waals surface area contributed by atoms with Crippen molar-refractivity contribution in [3.05, 3.63) is 12.2 Å². The predicted octanol–water partition coefficient (Wildman–Crippen LogP) is 0.509. The average Bonchev–Trinajstić information content (AvgIpc) is 2.13. The van der Waals surface area contributed by atoms with E-state index in [1.54, 1.807) is 0 Å². The van der Waals surface area contributed by atoms with E-state index in [4.69, 9.17) is 10.8 Å². The highest BCUT2D eigenvalue weighted by molar-refractivity contribution is 5.79. The highest BCUT2D eigenvalue weighted by atomic mass is 16.4. The number of nitrogens with two attached hydrogens (primary N) is 1. The monoisotopic (exact) mass is 141 g/mol. The van der Waals surface area contributed by atoms with Crippen molar-refractivity contribution >= 4 is 5.97 Å². The lowest BCUT2D eigenvalue weighted by Crippen LogP contribution is -2.45. The van der Waals surface area contributed by atoms with Crippen LogP contribution < -0.4 is 5.73 Å². The summed E-state index contributed by atoms with van der Waals surface area (Å²) in [7, 11) is 0. The standard InChI is InChI=1S/C7H11NO2/c1-5-2-3-7(8,4-5)6(9)10/h1-4,8H2,(H,9,10). The van der Waals surface area contributed by atoms with Crippen LogP contribution in [-0.4, -0.2) is 16.6 Å². The van der Waals surface area contributed by atoms with Crippen molar-refractivity contribution in [2.24, 2.45) is 5.73 Å². The number of aliphatic carboxylic acids is 1. The van der Waals surface area contributed by atoms with Crippen molar-refractivity contribution in [2.45, 2.75) is 24.8 Å². The molecule has 0 aliphatic heterocycles. The van der Waals surface area contributed by atoms with Crippen LogP contribution in [0.15, 0.2) is 12.2 Å². The zero-order valence-corrected chi connectivity index (χ0v) is 5.76. The number of hydrogen-bond acceptors (Lipinski definition) is 2. The second kappa shape index (κ2) is 2.09. The van der Waals surface area contributed by atoms with E-state index in [9.17, 15) is 4.79 Å². The lowest BCUT2D eigenvalue weighted by atomic mass is 10.00. The van der Waals surface area contributed by atoms with Crippen LogP contribution in [-0.2, 0) is 4.79 Å². The van der Waals surface area contributed by atoms with E-state index in [1.165, 1.54) is 0 Å². The number of carboxylic acid groups (broad SMARTS) is 1. The quantitative estimate of drug-likeness (QED) is 0.523. The van der Waals surface area contributed by atoms with E-state index in [-0.39, 0.29) is 0 Å². The van der Waals surface area contributed by atoms with Crippen LogP contribution in [0.3, 0.4) is 0 Å². The maximum atomic E-state index is 10.5. The fourth-order valence-corrected chi connectivity index (χ4v) is 1.21. The first-order valence-electron chi connectivity index (χ1n) is 3.23. The Morgan fingerprint density at radius 1 is 1.80 bits per heavy atom. The molecule has 1 saturated carbocycles. The fraction of sp³-hybridized carbons (Fsp3) is 0.571. The Bertz CT molecular complexity index is 188. The Balaban J connectivity index is 2.72. The van der Waals surface area contributed by atoms with Gasteiger partial charge < -0.3 is 10.8 Å². The van der Waals surface area contributed by atoms with Gasteiger partial charge in [-0.1, -0.05) is 12.2 Å². The summed E-state index contributed by atoms with van der Waals surface area (Å²) >= 11 is 0. The first-order chi connectivity index (χ1) is 4.54. The van der Waals surface area contributed by atoms with E-state index in [0.717, 1.165) is 12.0 Å². The van der Waals surface area contributed by atoms with Gasteiger partial charge >= 0.3 is 5.97 Å². The summed E-state index contributed by atoms with van der Waals surface area (Å²) in [5.41, 5.74) is 5.46. The minimum absolute atomic E-state index is 0.433. The van der Waals surface area contributed by atoms with Crippen molar-refractivity contribution in [2.75, 3.05) is 0 Å². The van der Waals surface area contributed by atoms with Gasteiger partial charge in [0.15, 0.2) is 0 Å². The van der Waals surface area contributed by atoms with E-state index in [1.807, 2.05) is 0 Å². The first-order valence-corrected chi connectivity index (χ1v) is 3.23. The molecule has 0 aromatic rings. The summed E-state index contributed by atoms with van der Waals surface area (Å²) in [6, 6.07) is 0. The summed E-state index contributed by atoms with van der Waals surface area (Å²) in [6.07, 6.45) is 1.71. The van der Waals surface area contributed by atoms with Gasteiger partial charge in [0.05, 0.1) is 0 Å². The Morgan fingerprint density at radius 2 is 2.40 bits per heavy atom. The van der Waals surface area contributed by atoms with Crippen LogP contribution in [0.4, 0.5) is 0 Å². The Labute approximate surface area is 59.5 Å². The Hall–Kier alpha value is -0.830. The molecule has 10 heavy (non-hydrogen) atoms. The minimum Gasteiger partial charge on any atom is -0.480 e. The van der Waals surface area contributed by atoms with Crippen LogP contribution in [0.2, 0.25) is 0 Å². The van der Waals surface area contributed by atoms with Crippen LogP contribution in [0.5, 0.6) is 0 Å². The summed E-state index contributed by atoms with van der Waals surface area (Å²) < 4.78 is 0. The normalized spacial score (nSPS) is 32.7. The second-order valence-corrected chi connectivity index (χ2v) is 2.89. The summed E-state index contributed by atoms with van der Waals surface area (Å²) in [6.45, 7) is 3.69. The molecule has 3 heteroatoms. The Morgan fingerprint density at radius 3 is 2.60 bits per heavy atom. The summed E-state index contributed by atoms with van der Waals surface area (Å²) in [4.78, 5) is 10.5. The third-order valence-corrected chi connectivity index (χ3v) is 1.92. The average molecular weight is 141 g/mol. The van der Waals surface area contributed by atoms with Crippen molar-refractivity contribution in [3.8, 4) is 0 Å². The summed E-state index contributed by atoms with van der Waals surface area (Å²) in [5.74, 6) is -0.911. The van der Waals surface area contributed by atoms with E-state index >= 15 is 0 Å². The number of rotatable bonds is 1. The molecule has 1 rings (SSSR count). The zero-order chi connectivity index (χ0) is 7.78. The molecule has 0 amide bonds. The lowest BCUT2D eigenvalue weighted by Gasteiger charge is -2.15. The Kier molecular flexibility index (Phi) is 1.52. The molecular weight excluding hydrogens is 130 g/mol. The van der Waals surface area contributed by atoms with E-state index < -0.39 is 11.5 Å². The van der Waals surface area contributed by atoms with Crippen LogP contribution in [0, 0.1) is 0 Å². The molecule has 1 atom stereocenters. The summed E-state index contributed by atoms with van der Waals surface area (Å²) in [5, 5.41) is 8.62. The molecule has 3 nitrogen and oxygen atoms in total. The third-order valence-electron chi connectivity index (χ3n) is 1.92. The van der Waals surface area contributed by atoms with E-state index in [2.05, 4.69) is 6.58 Å². The van der Waals surface area contributed by atoms with Crippen LogP contribution >= 0.6 is 0 Å². The van der Waals surface area contributed by atoms with Crippen LogP contribution in [0.1, 0.15) is 19.3 Å². The maximum Gasteiger partial charge on any atom is 0.324 e. The highest BCUT2D eigenvalue weighted by Gasteiger charge is 2.38. The molecule has 0 aromatic carbocycles. The van der Waals surface area contributed by atoms with Gasteiger partial charge in [-0.15, -0.1) is 0 Å². The molecule has 0 spiro atoms. The number of carbonyl (C=O) groups is 1. The molecule has 3 N–H and O–H groups in total. The minimum atomic E-state index is -1.02. The lowest BCUT2D eigenvalue weighted by molar-refractivity contribution is -0.142. The molecule has 56 valence electrons. The van der Waals surface area contributed by atoms with Crippen molar-refractivity contribution in [1.29, 1.82) is 0 Å². The molecule has 0 bridgehead atoms. The van der Waals surface area contributed by atoms with Crippen molar-refractivity contribution in [3.63, 3.8) is 0 Å². The van der Waals surface area contributed by atoms with Gasteiger partial charge in [0.25, 0.3) is 0 Å². The third kappa shape index (κ3) is 1.04. The first kappa shape index (κ1) is 7.28. The van der Waals surface area contributed by atoms with Crippen molar-refractivity contribution < 1.29 is 9.90 Å². The molecule has 0 heterocycles. The van der Waals surface area contributed by atoms with Crippen LogP contribution in [0.25, 0.3) is 0 Å². The van der Waals surface area contributed by atoms with Gasteiger partial charge in [-0.3, -0.25) is 4.79 Å². The topological polar surface area (TPSA) is 63.3 Å². The molecule has 1 aliphatic carbocycles. The molecule has 0 saturated heterocycles. The van der Waals surface area contributed by atoms with Gasteiger partial charge in [0, 0.05) is 0 Å². The highest BCUT2D eigenvalue weighted by Crippen LogP contribution is 2.30. The SMILES string of the molecule is C=C1CCC(N)(C(=O)O)C1. The van der Waals surface area contributed by atoms with Crippen molar-refractivity contribution in [1.82, 2.24) is 0 Å². The van der Waals surface area contributed by atoms with Gasteiger partial charge in [-0.25, -0.2) is 0 Å². The number of carboxylic acids is 1. The molecule has 0 aromatic heterocycles. The molecule has 1 unspecified atom stereocenters. The largest absolute Gasteiger partial charge is 0.480 e. The van der Waals surface area contributed by atoms with Gasteiger partial charge in [-0.05, 0) is 19.3 Å². The predicted molar refractivity (Wildman–Crippen MR) is 37.5 cm³/mol. The second-order valence-electron chi connectivity index (χ2n) is 2.89. The molecule has 1 fully saturated rings. The molecule has 1 aliphatic rings. The molecular formula is C7H11NO2. The maximum absolute atomic E-state index is 10.5. The van der Waals surface area contributed by atoms with Gasteiger partial charge in [0.2, 0.25) is 0 Å². The zero-order valence-electron chi connectivity index (χ0n) is 5.76.